The van der Waals surface area contributed by atoms with Crippen molar-refractivity contribution in [1.82, 2.24) is 0 Å². The van der Waals surface area contributed by atoms with Crippen LogP contribution in [0.5, 0.6) is 0 Å². The number of hydrogen-bond acceptors (Lipinski definition) is 6. The Balaban J connectivity index is 1.65. The molecule has 244 valence electrons. The Labute approximate surface area is 260 Å². The summed E-state index contributed by atoms with van der Waals surface area (Å²) < 4.78 is 12.7. The largest absolute Gasteiger partial charge is 0.462 e. The summed E-state index contributed by atoms with van der Waals surface area (Å²) in [7, 11) is 0. The molecule has 4 saturated carbocycles. The molecule has 6 nitrogen and oxygen atoms in total. The Morgan fingerprint density at radius 3 is 2.21 bits per heavy atom. The van der Waals surface area contributed by atoms with Gasteiger partial charge in [-0.05, 0) is 103 Å². The molecule has 43 heavy (non-hydrogen) atoms. The molecule has 0 bridgehead atoms. The van der Waals surface area contributed by atoms with Crippen LogP contribution in [-0.4, -0.2) is 47.1 Å². The topological polar surface area (TPSA) is 93.1 Å². The molecule has 0 unspecified atom stereocenters. The number of carbonyl (C=O) groups is 2. The third kappa shape index (κ3) is 4.61. The number of esters is 2. The molecule has 6 heteroatoms. The third-order valence-electron chi connectivity index (χ3n) is 14.7. The van der Waals surface area contributed by atoms with E-state index in [2.05, 4.69) is 54.5 Å². The number of fused-ring (bicyclic) bond motifs is 7. The molecule has 0 amide bonds. The SMILES string of the molecule is CC[C@@H](C)C(=O)O[C@H]1CC(C)(C)C[C@H]2C3=CC[C@@H]4[C@@]5(C)CC[C@H](O)C(C)(C)[C@@H]5CC[C@@]4(C)[C@]3(C)C[C@@H](OC(C)=O)[C@@]12CO. The van der Waals surface area contributed by atoms with E-state index in [9.17, 15) is 19.8 Å². The summed E-state index contributed by atoms with van der Waals surface area (Å²) in [6.45, 7) is 21.6. The van der Waals surface area contributed by atoms with E-state index in [-0.39, 0.29) is 63.6 Å². The van der Waals surface area contributed by atoms with Crippen LogP contribution in [-0.2, 0) is 19.1 Å². The van der Waals surface area contributed by atoms with Crippen LogP contribution in [0.1, 0.15) is 127 Å². The maximum absolute atomic E-state index is 13.3. The number of aliphatic hydroxyl groups excluding tert-OH is 2. The van der Waals surface area contributed by atoms with Gasteiger partial charge < -0.3 is 19.7 Å². The predicted octanol–water partition coefficient (Wildman–Crippen LogP) is 7.25. The van der Waals surface area contributed by atoms with Crippen molar-refractivity contribution < 1.29 is 29.3 Å². The minimum atomic E-state index is -0.878. The first-order valence-electron chi connectivity index (χ1n) is 17.2. The average Bonchev–Trinajstić information content (AvgIpc) is 2.90. The summed E-state index contributed by atoms with van der Waals surface area (Å²) in [5.41, 5.74) is 0.0862. The molecule has 4 fully saturated rings. The zero-order chi connectivity index (χ0) is 32.0. The van der Waals surface area contributed by atoms with Gasteiger partial charge in [0.05, 0.1) is 24.0 Å². The normalized spacial score (nSPS) is 47.0. The van der Waals surface area contributed by atoms with Crippen LogP contribution in [0.25, 0.3) is 0 Å². The van der Waals surface area contributed by atoms with E-state index >= 15 is 0 Å². The molecular weight excluding hydrogens is 540 g/mol. The second-order valence-corrected chi connectivity index (χ2v) is 17.6. The lowest BCUT2D eigenvalue weighted by Gasteiger charge is -2.72. The molecule has 0 radical (unpaired) electrons. The summed E-state index contributed by atoms with van der Waals surface area (Å²) in [6.07, 6.45) is 8.91. The van der Waals surface area contributed by atoms with Gasteiger partial charge in [0.2, 0.25) is 0 Å². The quantitative estimate of drug-likeness (QED) is 0.255. The number of allylic oxidation sites excluding steroid dienone is 2. The molecule has 5 aliphatic rings. The van der Waals surface area contributed by atoms with Crippen molar-refractivity contribution in [2.24, 2.45) is 56.2 Å². The van der Waals surface area contributed by atoms with Crippen LogP contribution >= 0.6 is 0 Å². The van der Waals surface area contributed by atoms with Crippen LogP contribution < -0.4 is 0 Å². The highest BCUT2D eigenvalue weighted by molar-refractivity contribution is 5.72. The predicted molar refractivity (Wildman–Crippen MR) is 168 cm³/mol. The lowest BCUT2D eigenvalue weighted by Crippen LogP contribution is -2.70. The third-order valence-corrected chi connectivity index (χ3v) is 14.7. The van der Waals surface area contributed by atoms with Gasteiger partial charge in [0, 0.05) is 6.92 Å². The van der Waals surface area contributed by atoms with Gasteiger partial charge in [-0.25, -0.2) is 0 Å². The van der Waals surface area contributed by atoms with E-state index in [0.717, 1.165) is 38.5 Å². The van der Waals surface area contributed by atoms with E-state index in [1.807, 2.05) is 13.8 Å². The molecule has 0 aromatic carbocycles. The van der Waals surface area contributed by atoms with E-state index < -0.39 is 17.6 Å². The van der Waals surface area contributed by atoms with Crippen molar-refractivity contribution in [2.75, 3.05) is 6.61 Å². The number of aliphatic hydroxyl groups is 2. The Bertz CT molecular complexity index is 1160. The first-order chi connectivity index (χ1) is 19.8. The number of rotatable bonds is 5. The van der Waals surface area contributed by atoms with Gasteiger partial charge in [0.25, 0.3) is 0 Å². The minimum Gasteiger partial charge on any atom is -0.462 e. The summed E-state index contributed by atoms with van der Waals surface area (Å²) >= 11 is 0. The van der Waals surface area contributed by atoms with Gasteiger partial charge in [-0.1, -0.05) is 74.0 Å². The zero-order valence-electron chi connectivity index (χ0n) is 28.7. The summed E-state index contributed by atoms with van der Waals surface area (Å²) in [5.74, 6) is 0.0117. The first-order valence-corrected chi connectivity index (χ1v) is 17.2. The molecule has 11 atom stereocenters. The fourth-order valence-corrected chi connectivity index (χ4v) is 11.8. The summed E-state index contributed by atoms with van der Waals surface area (Å²) in [5, 5.41) is 22.5. The van der Waals surface area contributed by atoms with E-state index in [1.54, 1.807) is 0 Å². The highest BCUT2D eigenvalue weighted by atomic mass is 16.6. The molecule has 0 saturated heterocycles. The Hall–Kier alpha value is -1.40. The van der Waals surface area contributed by atoms with Crippen molar-refractivity contribution in [3.8, 4) is 0 Å². The van der Waals surface area contributed by atoms with E-state index in [1.165, 1.54) is 12.5 Å². The summed E-state index contributed by atoms with van der Waals surface area (Å²) in [4.78, 5) is 26.1. The lowest BCUT2D eigenvalue weighted by molar-refractivity contribution is -0.246. The van der Waals surface area contributed by atoms with Crippen LogP contribution in [0.2, 0.25) is 0 Å². The number of carbonyl (C=O) groups excluding carboxylic acids is 2. The van der Waals surface area contributed by atoms with Gasteiger partial charge in [0.15, 0.2) is 0 Å². The minimum absolute atomic E-state index is 0.0365. The van der Waals surface area contributed by atoms with Crippen molar-refractivity contribution in [3.63, 3.8) is 0 Å². The first kappa shape index (κ1) is 33.0. The van der Waals surface area contributed by atoms with Crippen molar-refractivity contribution >= 4 is 11.9 Å². The van der Waals surface area contributed by atoms with Crippen molar-refractivity contribution in [3.05, 3.63) is 11.6 Å². The number of hydrogen-bond donors (Lipinski definition) is 2. The van der Waals surface area contributed by atoms with Crippen LogP contribution in [0, 0.1) is 56.2 Å². The van der Waals surface area contributed by atoms with Gasteiger partial charge in [-0.15, -0.1) is 0 Å². The maximum atomic E-state index is 13.3. The molecule has 5 aliphatic carbocycles. The Morgan fingerprint density at radius 2 is 1.60 bits per heavy atom. The van der Waals surface area contributed by atoms with Gasteiger partial charge in [-0.2, -0.15) is 0 Å². The molecule has 0 heterocycles. The second-order valence-electron chi connectivity index (χ2n) is 17.6. The molecule has 0 aliphatic heterocycles. The second kappa shape index (κ2) is 10.6. The van der Waals surface area contributed by atoms with Crippen LogP contribution in [0.4, 0.5) is 0 Å². The fraction of sp³-hybridized carbons (Fsp3) is 0.892. The monoisotopic (exact) mass is 600 g/mol. The van der Waals surface area contributed by atoms with E-state index in [0.29, 0.717) is 31.1 Å². The maximum Gasteiger partial charge on any atom is 0.308 e. The van der Waals surface area contributed by atoms with Gasteiger partial charge in [-0.3, -0.25) is 9.59 Å². The molecule has 0 aromatic rings. The van der Waals surface area contributed by atoms with Gasteiger partial charge in [0.1, 0.15) is 12.2 Å². The van der Waals surface area contributed by atoms with E-state index in [4.69, 9.17) is 9.47 Å². The van der Waals surface area contributed by atoms with Crippen molar-refractivity contribution in [2.45, 2.75) is 145 Å². The fourth-order valence-electron chi connectivity index (χ4n) is 11.8. The molecular formula is C37H60O6. The smallest absolute Gasteiger partial charge is 0.308 e. The molecule has 5 rings (SSSR count). The van der Waals surface area contributed by atoms with Crippen LogP contribution in [0.3, 0.4) is 0 Å². The van der Waals surface area contributed by atoms with Crippen LogP contribution in [0.15, 0.2) is 11.6 Å². The molecule has 0 spiro atoms. The average molecular weight is 601 g/mol. The van der Waals surface area contributed by atoms with Crippen molar-refractivity contribution in [1.29, 1.82) is 0 Å². The highest BCUT2D eigenvalue weighted by Crippen LogP contribution is 2.76. The molecule has 0 aromatic heterocycles. The number of ether oxygens (including phenoxy) is 2. The van der Waals surface area contributed by atoms with Gasteiger partial charge >= 0.3 is 11.9 Å². The summed E-state index contributed by atoms with van der Waals surface area (Å²) in [6, 6.07) is 0. The zero-order valence-corrected chi connectivity index (χ0v) is 28.7. The Morgan fingerprint density at radius 1 is 0.953 bits per heavy atom. The Kier molecular flexibility index (Phi) is 8.11. The lowest BCUT2D eigenvalue weighted by atomic mass is 9.33. The molecule has 2 N–H and O–H groups in total. The standard InChI is InChI=1S/C37H60O6/c1-11-22(2)31(41)43-29-19-32(4,5)18-25-24-12-13-27-34(8)16-15-28(40)33(6,7)26(34)14-17-35(27,9)36(24,10)20-30(42-23(3)39)37(25,29)21-38/h12,22,25-30,38,40H,11,13-21H2,1-10H3/t22-,25+,26+,27-,28+,29+,30-,34+,35-,36-,37-/m1/s1. The highest BCUT2D eigenvalue weighted by Gasteiger charge is 2.72.